The Labute approximate surface area is 166 Å². The molecule has 1 aromatic rings. The Morgan fingerprint density at radius 2 is 1.57 bits per heavy atom. The average molecular weight is 390 g/mol. The predicted octanol–water partition coefficient (Wildman–Crippen LogP) is -2.16. The SMILES string of the molecule is Cc1ccc2c(n1)NCCC2.[O-]CNC1=NCCCN1.[O-]CNC1=NCCN1. The van der Waals surface area contributed by atoms with Gasteiger partial charge in [-0.15, -0.1) is 0 Å². The van der Waals surface area contributed by atoms with Gasteiger partial charge in [0.25, 0.3) is 0 Å². The van der Waals surface area contributed by atoms with Crippen molar-refractivity contribution in [1.82, 2.24) is 26.3 Å². The molecular weight excluding hydrogens is 360 g/mol. The number of aliphatic imine (C=N–C) groups is 2. The highest BCUT2D eigenvalue weighted by Crippen LogP contribution is 2.18. The largest absolute Gasteiger partial charge is 0.839 e. The van der Waals surface area contributed by atoms with Crippen LogP contribution in [-0.2, 0) is 6.42 Å². The van der Waals surface area contributed by atoms with Crippen LogP contribution >= 0.6 is 0 Å². The van der Waals surface area contributed by atoms with Crippen LogP contribution in [-0.4, -0.2) is 63.1 Å². The normalized spacial score (nSPS) is 16.8. The summed E-state index contributed by atoms with van der Waals surface area (Å²) in [5.41, 5.74) is 2.46. The Hall–Kier alpha value is -2.59. The third-order valence-corrected chi connectivity index (χ3v) is 4.08. The second kappa shape index (κ2) is 12.7. The van der Waals surface area contributed by atoms with Gasteiger partial charge in [0.2, 0.25) is 0 Å². The zero-order valence-electron chi connectivity index (χ0n) is 16.4. The maximum Gasteiger partial charge on any atom is 0.190 e. The number of aryl methyl sites for hydroxylation is 2. The summed E-state index contributed by atoms with van der Waals surface area (Å²) in [5, 5.41) is 34.1. The minimum Gasteiger partial charge on any atom is -0.839 e. The van der Waals surface area contributed by atoms with Crippen LogP contribution in [0.1, 0.15) is 24.1 Å². The minimum absolute atomic E-state index is 0.300. The van der Waals surface area contributed by atoms with Gasteiger partial charge in [-0.1, -0.05) is 19.5 Å². The van der Waals surface area contributed by atoms with Crippen LogP contribution in [0.2, 0.25) is 0 Å². The molecule has 3 aliphatic heterocycles. The van der Waals surface area contributed by atoms with E-state index in [0.717, 1.165) is 50.7 Å². The quantitative estimate of drug-likeness (QED) is 0.359. The van der Waals surface area contributed by atoms with Gasteiger partial charge in [0.1, 0.15) is 5.82 Å². The summed E-state index contributed by atoms with van der Waals surface area (Å²) in [4.78, 5) is 12.3. The van der Waals surface area contributed by atoms with Gasteiger partial charge in [-0.05, 0) is 37.8 Å². The number of rotatable bonds is 2. The lowest BCUT2D eigenvalue weighted by molar-refractivity contribution is -0.371. The van der Waals surface area contributed by atoms with Crippen LogP contribution < -0.4 is 36.8 Å². The maximum absolute atomic E-state index is 9.97. The molecule has 4 heterocycles. The number of nitrogens with one attached hydrogen (secondary N) is 5. The number of nitrogens with zero attached hydrogens (tertiary/aromatic N) is 3. The van der Waals surface area contributed by atoms with Gasteiger partial charge in [0.05, 0.1) is 6.54 Å². The van der Waals surface area contributed by atoms with Crippen molar-refractivity contribution in [2.45, 2.75) is 26.2 Å². The van der Waals surface area contributed by atoms with E-state index in [1.807, 2.05) is 6.92 Å². The number of aromatic nitrogens is 1. The van der Waals surface area contributed by atoms with Gasteiger partial charge in [0.15, 0.2) is 11.9 Å². The van der Waals surface area contributed by atoms with Crippen LogP contribution in [0.3, 0.4) is 0 Å². The van der Waals surface area contributed by atoms with Gasteiger partial charge in [-0.2, -0.15) is 0 Å². The first kappa shape index (κ1) is 21.7. The molecule has 0 aliphatic carbocycles. The van der Waals surface area contributed by atoms with Gasteiger partial charge in [-0.25, -0.2) is 4.98 Å². The lowest BCUT2D eigenvalue weighted by Gasteiger charge is -2.17. The van der Waals surface area contributed by atoms with Crippen LogP contribution in [0.15, 0.2) is 22.1 Å². The molecule has 3 aliphatic rings. The third-order valence-electron chi connectivity index (χ3n) is 4.08. The van der Waals surface area contributed by atoms with E-state index < -0.39 is 0 Å². The van der Waals surface area contributed by atoms with E-state index >= 15 is 0 Å². The smallest absolute Gasteiger partial charge is 0.190 e. The molecule has 1 aromatic heterocycles. The first-order chi connectivity index (χ1) is 13.7. The standard InChI is InChI=1S/C9H12N2.C5H10N3O.C4H8N3O/c1-7-4-5-8-3-2-6-10-9(8)11-7;9-4-8-5-6-2-1-3-7-5;8-3-7-4-5-1-2-6-4/h4-5H,2-3,6H2,1H3,(H,10,11);1-4H2,(H2,6,7,8);1-3H2,(H2,5,6,7)/q;2*-1. The fourth-order valence-electron chi connectivity index (χ4n) is 2.73. The molecule has 0 saturated heterocycles. The van der Waals surface area contributed by atoms with Gasteiger partial charge >= 0.3 is 0 Å². The molecule has 28 heavy (non-hydrogen) atoms. The Balaban J connectivity index is 0.000000153. The number of anilines is 1. The Bertz CT molecular complexity index is 650. The van der Waals surface area contributed by atoms with Crippen molar-refractivity contribution >= 4 is 17.7 Å². The zero-order chi connectivity index (χ0) is 20.0. The Morgan fingerprint density at radius 3 is 2.18 bits per heavy atom. The monoisotopic (exact) mass is 390 g/mol. The van der Waals surface area contributed by atoms with Crippen molar-refractivity contribution in [2.75, 3.05) is 51.5 Å². The molecule has 0 bridgehead atoms. The van der Waals surface area contributed by atoms with Crippen molar-refractivity contribution in [3.8, 4) is 0 Å². The molecule has 0 aromatic carbocycles. The minimum atomic E-state index is -0.300. The molecule has 0 unspecified atom stereocenters. The van der Waals surface area contributed by atoms with Gasteiger partial charge in [0, 0.05) is 31.9 Å². The van der Waals surface area contributed by atoms with Crippen molar-refractivity contribution in [1.29, 1.82) is 0 Å². The van der Waals surface area contributed by atoms with E-state index in [2.05, 4.69) is 53.7 Å². The van der Waals surface area contributed by atoms with Crippen LogP contribution in [0.4, 0.5) is 5.82 Å². The summed E-state index contributed by atoms with van der Waals surface area (Å²) in [7, 11) is 0. The topological polar surface area (TPSA) is 144 Å². The van der Waals surface area contributed by atoms with E-state index in [0.29, 0.717) is 11.9 Å². The molecule has 10 heteroatoms. The van der Waals surface area contributed by atoms with Gasteiger partial charge in [-0.3, -0.25) is 9.98 Å². The van der Waals surface area contributed by atoms with Crippen molar-refractivity contribution < 1.29 is 10.2 Å². The average Bonchev–Trinajstić information content (AvgIpc) is 3.24. The molecule has 4 rings (SSSR count). The van der Waals surface area contributed by atoms with Gasteiger partial charge < -0.3 is 36.8 Å². The molecule has 0 spiro atoms. The molecule has 0 amide bonds. The van der Waals surface area contributed by atoms with E-state index in [1.165, 1.54) is 18.4 Å². The third kappa shape index (κ3) is 7.97. The summed E-state index contributed by atoms with van der Waals surface area (Å²) in [5.74, 6) is 2.38. The molecule has 0 saturated carbocycles. The second-order valence-electron chi connectivity index (χ2n) is 6.30. The number of hydrogen-bond donors (Lipinski definition) is 5. The fourth-order valence-corrected chi connectivity index (χ4v) is 2.73. The zero-order valence-corrected chi connectivity index (χ0v) is 16.4. The van der Waals surface area contributed by atoms with E-state index in [9.17, 15) is 10.2 Å². The fraction of sp³-hybridized carbons (Fsp3) is 0.611. The van der Waals surface area contributed by atoms with Crippen molar-refractivity contribution in [2.24, 2.45) is 9.98 Å². The van der Waals surface area contributed by atoms with Crippen LogP contribution in [0, 0.1) is 6.92 Å². The highest BCUT2D eigenvalue weighted by molar-refractivity contribution is 5.81. The first-order valence-corrected chi connectivity index (χ1v) is 9.64. The highest BCUT2D eigenvalue weighted by atomic mass is 16.3. The van der Waals surface area contributed by atoms with E-state index in [-0.39, 0.29) is 13.5 Å². The summed E-state index contributed by atoms with van der Waals surface area (Å²) in [6, 6.07) is 4.25. The summed E-state index contributed by atoms with van der Waals surface area (Å²) in [6.45, 7) is 5.88. The molecule has 0 atom stereocenters. The second-order valence-corrected chi connectivity index (χ2v) is 6.30. The van der Waals surface area contributed by atoms with E-state index in [4.69, 9.17) is 0 Å². The predicted molar refractivity (Wildman–Crippen MR) is 107 cm³/mol. The molecular formula is C18H30N8O2-2. The highest BCUT2D eigenvalue weighted by Gasteiger charge is 2.08. The summed E-state index contributed by atoms with van der Waals surface area (Å²) >= 11 is 0. The lowest BCUT2D eigenvalue weighted by Crippen LogP contribution is -2.43. The summed E-state index contributed by atoms with van der Waals surface area (Å²) < 4.78 is 0. The maximum atomic E-state index is 9.97. The number of guanidine groups is 2. The van der Waals surface area contributed by atoms with Crippen LogP contribution in [0.5, 0.6) is 0 Å². The Morgan fingerprint density at radius 1 is 0.893 bits per heavy atom. The molecule has 0 fully saturated rings. The number of pyridine rings is 1. The number of fused-ring (bicyclic) bond motifs is 1. The summed E-state index contributed by atoms with van der Waals surface area (Å²) in [6.07, 6.45) is 3.47. The Kier molecular flexibility index (Phi) is 9.87. The van der Waals surface area contributed by atoms with E-state index in [1.54, 1.807) is 0 Å². The van der Waals surface area contributed by atoms with Crippen molar-refractivity contribution in [3.63, 3.8) is 0 Å². The molecule has 5 N–H and O–H groups in total. The first-order valence-electron chi connectivity index (χ1n) is 9.64. The molecule has 0 radical (unpaired) electrons. The molecule has 10 nitrogen and oxygen atoms in total. The van der Waals surface area contributed by atoms with Crippen molar-refractivity contribution in [3.05, 3.63) is 23.4 Å². The van der Waals surface area contributed by atoms with Crippen LogP contribution in [0.25, 0.3) is 0 Å². The number of hydrogen-bond acceptors (Lipinski definition) is 10. The lowest BCUT2D eigenvalue weighted by atomic mass is 10.1. The molecule has 156 valence electrons.